The first-order valence-corrected chi connectivity index (χ1v) is 5.70. The monoisotopic (exact) mass is 282 g/mol. The third kappa shape index (κ3) is 3.26. The summed E-state index contributed by atoms with van der Waals surface area (Å²) in [6.45, 7) is 2.13. The molecule has 0 aliphatic carbocycles. The lowest BCUT2D eigenvalue weighted by molar-refractivity contribution is 0.312. The van der Waals surface area contributed by atoms with E-state index < -0.39 is 11.6 Å². The van der Waals surface area contributed by atoms with Gasteiger partial charge in [0.05, 0.1) is 6.61 Å². The van der Waals surface area contributed by atoms with Crippen molar-refractivity contribution in [3.63, 3.8) is 0 Å². The molecule has 4 N–H and O–H groups in total. The Balaban J connectivity index is 2.27. The zero-order chi connectivity index (χ0) is 14.5. The predicted octanol–water partition coefficient (Wildman–Crippen LogP) is 1.58. The molecule has 20 heavy (non-hydrogen) atoms. The first kappa shape index (κ1) is 13.9. The third-order valence-electron chi connectivity index (χ3n) is 2.19. The average Bonchev–Trinajstić information content (AvgIpc) is 2.43. The Morgan fingerprint density at radius 1 is 1.15 bits per heavy atom. The number of halogens is 2. The molecular weight excluding hydrogens is 270 g/mol. The van der Waals surface area contributed by atoms with Crippen LogP contribution < -0.4 is 21.3 Å². The predicted molar refractivity (Wildman–Crippen MR) is 68.4 cm³/mol. The molecule has 7 nitrogen and oxygen atoms in total. The van der Waals surface area contributed by atoms with E-state index >= 15 is 0 Å². The molecule has 0 unspecified atom stereocenters. The quantitative estimate of drug-likeness (QED) is 0.565. The zero-order valence-corrected chi connectivity index (χ0v) is 10.5. The second kappa shape index (κ2) is 6.06. The van der Waals surface area contributed by atoms with Gasteiger partial charge < -0.3 is 10.1 Å². The summed E-state index contributed by atoms with van der Waals surface area (Å²) < 4.78 is 31.1. The van der Waals surface area contributed by atoms with Gasteiger partial charge in [-0.2, -0.15) is 15.0 Å². The molecule has 1 heterocycles. The van der Waals surface area contributed by atoms with Crippen LogP contribution in [0.1, 0.15) is 6.92 Å². The number of rotatable bonds is 5. The summed E-state index contributed by atoms with van der Waals surface area (Å²) in [5.41, 5.74) is 2.53. The van der Waals surface area contributed by atoms with Crippen LogP contribution in [-0.2, 0) is 0 Å². The van der Waals surface area contributed by atoms with Crippen LogP contribution in [0.15, 0.2) is 18.2 Å². The summed E-state index contributed by atoms with van der Waals surface area (Å²) in [5.74, 6) is 3.47. The SMILES string of the molecule is CCOc1nc(NN)nc(Nc2ccc(F)c(F)c2)n1. The Labute approximate surface area is 113 Å². The van der Waals surface area contributed by atoms with Gasteiger partial charge in [-0.1, -0.05) is 0 Å². The van der Waals surface area contributed by atoms with Gasteiger partial charge in [-0.25, -0.2) is 14.6 Å². The number of hydrogen-bond donors (Lipinski definition) is 3. The summed E-state index contributed by atoms with van der Waals surface area (Å²) in [6, 6.07) is 3.37. The van der Waals surface area contributed by atoms with Crippen molar-refractivity contribution in [2.75, 3.05) is 17.3 Å². The van der Waals surface area contributed by atoms with E-state index in [1.807, 2.05) is 0 Å². The lowest BCUT2D eigenvalue weighted by Crippen LogP contribution is -2.13. The van der Waals surface area contributed by atoms with E-state index in [1.165, 1.54) is 6.07 Å². The van der Waals surface area contributed by atoms with Crippen molar-refractivity contribution in [1.29, 1.82) is 0 Å². The number of hydrazine groups is 1. The van der Waals surface area contributed by atoms with Gasteiger partial charge in [0.1, 0.15) is 0 Å². The Kier molecular flexibility index (Phi) is 4.20. The number of hydrogen-bond acceptors (Lipinski definition) is 7. The Bertz CT molecular complexity index is 609. The number of nitrogen functional groups attached to an aromatic ring is 1. The molecule has 0 spiro atoms. The maximum absolute atomic E-state index is 13.1. The summed E-state index contributed by atoms with van der Waals surface area (Å²) >= 11 is 0. The summed E-state index contributed by atoms with van der Waals surface area (Å²) in [4.78, 5) is 11.7. The molecule has 0 radical (unpaired) electrons. The summed E-state index contributed by atoms with van der Waals surface area (Å²) in [5, 5.41) is 2.70. The van der Waals surface area contributed by atoms with E-state index in [9.17, 15) is 8.78 Å². The summed E-state index contributed by atoms with van der Waals surface area (Å²) in [6.07, 6.45) is 0. The van der Waals surface area contributed by atoms with Crippen LogP contribution in [-0.4, -0.2) is 21.6 Å². The van der Waals surface area contributed by atoms with Crippen molar-refractivity contribution in [3.8, 4) is 6.01 Å². The van der Waals surface area contributed by atoms with Crippen molar-refractivity contribution in [2.45, 2.75) is 6.92 Å². The van der Waals surface area contributed by atoms with Crippen molar-refractivity contribution >= 4 is 17.6 Å². The molecule has 0 aliphatic rings. The van der Waals surface area contributed by atoms with Gasteiger partial charge in [0, 0.05) is 11.8 Å². The smallest absolute Gasteiger partial charge is 0.323 e. The van der Waals surface area contributed by atoms with E-state index in [0.717, 1.165) is 12.1 Å². The van der Waals surface area contributed by atoms with E-state index in [1.54, 1.807) is 6.92 Å². The molecular formula is C11H12F2N6O. The minimum absolute atomic E-state index is 0.0560. The number of nitrogens with two attached hydrogens (primary N) is 1. The fourth-order valence-electron chi connectivity index (χ4n) is 1.37. The zero-order valence-electron chi connectivity index (χ0n) is 10.5. The van der Waals surface area contributed by atoms with Gasteiger partial charge in [0.15, 0.2) is 11.6 Å². The molecule has 2 aromatic rings. The highest BCUT2D eigenvalue weighted by Crippen LogP contribution is 2.18. The summed E-state index contributed by atoms with van der Waals surface area (Å²) in [7, 11) is 0. The molecule has 9 heteroatoms. The van der Waals surface area contributed by atoms with Crippen LogP contribution in [0.4, 0.5) is 26.4 Å². The van der Waals surface area contributed by atoms with E-state index in [0.29, 0.717) is 6.61 Å². The Morgan fingerprint density at radius 3 is 2.55 bits per heavy atom. The minimum Gasteiger partial charge on any atom is -0.464 e. The van der Waals surface area contributed by atoms with Crippen molar-refractivity contribution in [3.05, 3.63) is 29.8 Å². The number of anilines is 3. The largest absolute Gasteiger partial charge is 0.464 e. The van der Waals surface area contributed by atoms with Crippen LogP contribution >= 0.6 is 0 Å². The fraction of sp³-hybridized carbons (Fsp3) is 0.182. The van der Waals surface area contributed by atoms with Gasteiger partial charge in [-0.3, -0.25) is 5.43 Å². The Hall–Kier alpha value is -2.55. The molecule has 0 amide bonds. The molecule has 1 aromatic carbocycles. The molecule has 0 atom stereocenters. The van der Waals surface area contributed by atoms with Crippen molar-refractivity contribution in [1.82, 2.24) is 15.0 Å². The maximum Gasteiger partial charge on any atom is 0.323 e. The van der Waals surface area contributed by atoms with Crippen LogP contribution in [0.2, 0.25) is 0 Å². The normalized spacial score (nSPS) is 10.2. The molecule has 0 aliphatic heterocycles. The van der Waals surface area contributed by atoms with E-state index in [4.69, 9.17) is 10.6 Å². The van der Waals surface area contributed by atoms with E-state index in [-0.39, 0.29) is 23.6 Å². The lowest BCUT2D eigenvalue weighted by Gasteiger charge is -2.08. The van der Waals surface area contributed by atoms with Crippen LogP contribution in [0, 0.1) is 11.6 Å². The van der Waals surface area contributed by atoms with E-state index in [2.05, 4.69) is 25.7 Å². The minimum atomic E-state index is -0.980. The molecule has 2 rings (SSSR count). The second-order valence-corrected chi connectivity index (χ2v) is 3.60. The van der Waals surface area contributed by atoms with Crippen LogP contribution in [0.3, 0.4) is 0 Å². The standard InChI is InChI=1S/C11H12F2N6O/c1-2-20-11-17-9(16-10(18-11)19-14)15-6-3-4-7(12)8(13)5-6/h3-5H,2,14H2,1H3,(H2,15,16,17,18,19). The first-order valence-electron chi connectivity index (χ1n) is 5.70. The topological polar surface area (TPSA) is 98.0 Å². The van der Waals surface area contributed by atoms with Gasteiger partial charge in [-0.15, -0.1) is 0 Å². The molecule has 0 saturated carbocycles. The molecule has 0 bridgehead atoms. The lowest BCUT2D eigenvalue weighted by atomic mass is 10.3. The van der Waals surface area contributed by atoms with Gasteiger partial charge in [0.25, 0.3) is 0 Å². The van der Waals surface area contributed by atoms with Crippen molar-refractivity contribution < 1.29 is 13.5 Å². The average molecular weight is 282 g/mol. The Morgan fingerprint density at radius 2 is 1.90 bits per heavy atom. The number of benzene rings is 1. The van der Waals surface area contributed by atoms with Crippen LogP contribution in [0.5, 0.6) is 6.01 Å². The van der Waals surface area contributed by atoms with Gasteiger partial charge in [0.2, 0.25) is 11.9 Å². The van der Waals surface area contributed by atoms with Gasteiger partial charge in [-0.05, 0) is 19.1 Å². The number of nitrogens with zero attached hydrogens (tertiary/aromatic N) is 3. The molecule has 0 saturated heterocycles. The van der Waals surface area contributed by atoms with Crippen LogP contribution in [0.25, 0.3) is 0 Å². The van der Waals surface area contributed by atoms with Crippen molar-refractivity contribution in [2.24, 2.45) is 5.84 Å². The molecule has 106 valence electrons. The highest BCUT2D eigenvalue weighted by molar-refractivity contribution is 5.54. The first-order chi connectivity index (χ1) is 9.62. The fourth-order valence-corrected chi connectivity index (χ4v) is 1.37. The number of aromatic nitrogens is 3. The third-order valence-corrected chi connectivity index (χ3v) is 2.19. The second-order valence-electron chi connectivity index (χ2n) is 3.60. The molecule has 1 aromatic heterocycles. The number of nitrogens with one attached hydrogen (secondary N) is 2. The maximum atomic E-state index is 13.1. The highest BCUT2D eigenvalue weighted by Gasteiger charge is 2.08. The highest BCUT2D eigenvalue weighted by atomic mass is 19.2. The number of ether oxygens (including phenoxy) is 1. The molecule has 0 fully saturated rings. The van der Waals surface area contributed by atoms with Gasteiger partial charge >= 0.3 is 6.01 Å².